The minimum absolute atomic E-state index is 0.272. The Bertz CT molecular complexity index is 4020. The summed E-state index contributed by atoms with van der Waals surface area (Å²) >= 11 is 0. The van der Waals surface area contributed by atoms with Crippen molar-refractivity contribution >= 4 is 98.7 Å². The van der Waals surface area contributed by atoms with Gasteiger partial charge in [0.1, 0.15) is 12.0 Å². The molecule has 13 aromatic rings. The maximum absolute atomic E-state index is 5.27. The standard InChI is InChI=1S/C55H38N8/c1-58-52-53(59(2)55(58)63-45-27-15-11-21-36(45)39-31-32-47-48(49(39)63)42-24-12-16-28-46(42)60(47)34-17-5-3-6-18-34)56-33-57-54(52)62-44-26-14-10-23-38(44)41-30-29-40-37-22-9-13-25-43(37)61(50(40)51(41)62)35-19-7-4-8-20-35/h3-33,55H,1-2H3. The first-order chi connectivity index (χ1) is 31.2. The smallest absolute Gasteiger partial charge is 0.186 e. The van der Waals surface area contributed by atoms with Crippen molar-refractivity contribution in [3.63, 3.8) is 0 Å². The van der Waals surface area contributed by atoms with Crippen LogP contribution in [0.5, 0.6) is 0 Å². The lowest BCUT2D eigenvalue weighted by Crippen LogP contribution is -2.35. The van der Waals surface area contributed by atoms with E-state index in [0.717, 1.165) is 50.8 Å². The second-order valence-electron chi connectivity index (χ2n) is 16.8. The first-order valence-electron chi connectivity index (χ1n) is 21.5. The van der Waals surface area contributed by atoms with Crippen LogP contribution in [0.2, 0.25) is 0 Å². The maximum Gasteiger partial charge on any atom is 0.186 e. The van der Waals surface area contributed by atoms with Gasteiger partial charge in [0.05, 0.1) is 44.1 Å². The summed E-state index contributed by atoms with van der Waals surface area (Å²) in [6.45, 7) is 0. The lowest BCUT2D eigenvalue weighted by molar-refractivity contribution is 0.536. The van der Waals surface area contributed by atoms with E-state index in [1.165, 1.54) is 65.2 Å². The topological polar surface area (TPSA) is 52.0 Å². The molecule has 1 unspecified atom stereocenters. The van der Waals surface area contributed by atoms with Gasteiger partial charge in [0, 0.05) is 68.6 Å². The number of hydrogen-bond donors (Lipinski definition) is 0. The first kappa shape index (κ1) is 34.4. The Morgan fingerprint density at radius 2 is 0.810 bits per heavy atom. The van der Waals surface area contributed by atoms with E-state index in [-0.39, 0.29) is 6.29 Å². The fourth-order valence-electron chi connectivity index (χ4n) is 11.1. The molecule has 8 aromatic carbocycles. The number of fused-ring (bicyclic) bond motifs is 15. The molecule has 0 saturated carbocycles. The van der Waals surface area contributed by atoms with Crippen molar-refractivity contribution in [1.29, 1.82) is 0 Å². The molecule has 0 spiro atoms. The number of hydrogen-bond acceptors (Lipinski definition) is 4. The summed E-state index contributed by atoms with van der Waals surface area (Å²) < 4.78 is 9.77. The van der Waals surface area contributed by atoms with Crippen molar-refractivity contribution in [3.8, 4) is 17.2 Å². The Balaban J connectivity index is 1.07. The van der Waals surface area contributed by atoms with Gasteiger partial charge in [-0.05, 0) is 54.6 Å². The summed E-state index contributed by atoms with van der Waals surface area (Å²) in [6, 6.07) is 65.8. The normalized spacial score (nSPS) is 14.3. The minimum atomic E-state index is -0.272. The molecule has 0 radical (unpaired) electrons. The van der Waals surface area contributed by atoms with E-state index in [1.807, 2.05) is 0 Å². The fraction of sp³-hybridized carbons (Fsp3) is 0.0545. The van der Waals surface area contributed by atoms with Crippen molar-refractivity contribution in [2.45, 2.75) is 6.29 Å². The molecule has 63 heavy (non-hydrogen) atoms. The van der Waals surface area contributed by atoms with Gasteiger partial charge in [-0.25, -0.2) is 9.97 Å². The van der Waals surface area contributed by atoms with Gasteiger partial charge >= 0.3 is 0 Å². The summed E-state index contributed by atoms with van der Waals surface area (Å²) in [5.41, 5.74) is 12.4. The van der Waals surface area contributed by atoms with Gasteiger partial charge in [-0.1, -0.05) is 127 Å². The SMILES string of the molecule is CN1c2ncnc(-n3c4ccccc4c4ccc5c6ccccc6n(-c6ccccc6)c5c43)c2N(C)C1n1c2ccccc2c2ccc3c(c4ccccc4n3-c3ccccc3)c21. The van der Waals surface area contributed by atoms with E-state index < -0.39 is 0 Å². The van der Waals surface area contributed by atoms with Crippen molar-refractivity contribution in [1.82, 2.24) is 28.2 Å². The number of para-hydroxylation sites is 6. The van der Waals surface area contributed by atoms with Gasteiger partial charge < -0.3 is 23.5 Å². The zero-order chi connectivity index (χ0) is 41.5. The van der Waals surface area contributed by atoms with Crippen LogP contribution in [0.4, 0.5) is 11.5 Å². The Kier molecular flexibility index (Phi) is 6.87. The van der Waals surface area contributed by atoms with E-state index in [0.29, 0.717) is 0 Å². The quantitative estimate of drug-likeness (QED) is 0.178. The third-order valence-corrected chi connectivity index (χ3v) is 13.6. The fourth-order valence-corrected chi connectivity index (χ4v) is 11.1. The highest BCUT2D eigenvalue weighted by molar-refractivity contribution is 6.26. The van der Waals surface area contributed by atoms with Crippen molar-refractivity contribution in [2.75, 3.05) is 23.9 Å². The molecule has 1 atom stereocenters. The van der Waals surface area contributed by atoms with Gasteiger partial charge in [-0.3, -0.25) is 4.57 Å². The molecule has 1 aliphatic heterocycles. The molecule has 5 aromatic heterocycles. The summed E-state index contributed by atoms with van der Waals surface area (Å²) in [5, 5.41) is 9.65. The molecular formula is C55H38N8. The van der Waals surface area contributed by atoms with Crippen molar-refractivity contribution in [2.24, 2.45) is 0 Å². The highest BCUT2D eigenvalue weighted by atomic mass is 15.5. The summed E-state index contributed by atoms with van der Waals surface area (Å²) in [7, 11) is 4.38. The molecule has 0 bridgehead atoms. The molecule has 8 heteroatoms. The van der Waals surface area contributed by atoms with Crippen LogP contribution < -0.4 is 9.80 Å². The predicted molar refractivity (Wildman–Crippen MR) is 260 cm³/mol. The van der Waals surface area contributed by atoms with Crippen molar-refractivity contribution in [3.05, 3.63) is 188 Å². The van der Waals surface area contributed by atoms with Crippen LogP contribution in [0.15, 0.2) is 188 Å². The summed E-state index contributed by atoms with van der Waals surface area (Å²) in [5.74, 6) is 1.71. The van der Waals surface area contributed by atoms with E-state index in [9.17, 15) is 0 Å². The molecule has 0 aliphatic carbocycles. The molecule has 0 fully saturated rings. The van der Waals surface area contributed by atoms with Crippen molar-refractivity contribution < 1.29 is 0 Å². The monoisotopic (exact) mass is 810 g/mol. The first-order valence-corrected chi connectivity index (χ1v) is 21.5. The van der Waals surface area contributed by atoms with Crippen LogP contribution in [-0.4, -0.2) is 42.3 Å². The van der Waals surface area contributed by atoms with Crippen LogP contribution in [0.25, 0.3) is 104 Å². The average molecular weight is 811 g/mol. The molecule has 0 amide bonds. The van der Waals surface area contributed by atoms with E-state index in [1.54, 1.807) is 6.33 Å². The lowest BCUT2D eigenvalue weighted by atomic mass is 10.1. The number of rotatable bonds is 4. The van der Waals surface area contributed by atoms with E-state index in [2.05, 4.69) is 224 Å². The molecule has 8 nitrogen and oxygen atoms in total. The largest absolute Gasteiger partial charge is 0.331 e. The zero-order valence-corrected chi connectivity index (χ0v) is 34.6. The Morgan fingerprint density at radius 1 is 0.349 bits per heavy atom. The van der Waals surface area contributed by atoms with Crippen LogP contribution in [0.3, 0.4) is 0 Å². The second kappa shape index (κ2) is 12.6. The molecule has 6 heterocycles. The minimum Gasteiger partial charge on any atom is -0.331 e. The van der Waals surface area contributed by atoms with E-state index >= 15 is 0 Å². The van der Waals surface area contributed by atoms with Gasteiger partial charge in [0.25, 0.3) is 0 Å². The third-order valence-electron chi connectivity index (χ3n) is 13.6. The average Bonchev–Trinajstić information content (AvgIpc) is 4.11. The number of nitrogens with zero attached hydrogens (tertiary/aromatic N) is 8. The highest BCUT2D eigenvalue weighted by Gasteiger charge is 2.40. The number of benzene rings is 8. The van der Waals surface area contributed by atoms with E-state index in [4.69, 9.17) is 9.97 Å². The van der Waals surface area contributed by atoms with Gasteiger partial charge in [-0.15, -0.1) is 0 Å². The van der Waals surface area contributed by atoms with Crippen LogP contribution in [-0.2, 0) is 0 Å². The number of aromatic nitrogens is 6. The molecule has 14 rings (SSSR count). The second-order valence-corrected chi connectivity index (χ2v) is 16.8. The van der Waals surface area contributed by atoms with Gasteiger partial charge in [0.2, 0.25) is 0 Å². The van der Waals surface area contributed by atoms with Gasteiger partial charge in [0.15, 0.2) is 17.9 Å². The van der Waals surface area contributed by atoms with Crippen LogP contribution >= 0.6 is 0 Å². The lowest BCUT2D eigenvalue weighted by Gasteiger charge is -2.30. The Labute approximate surface area is 361 Å². The number of anilines is 2. The molecule has 298 valence electrons. The third kappa shape index (κ3) is 4.43. The molecule has 0 saturated heterocycles. The summed E-state index contributed by atoms with van der Waals surface area (Å²) in [6.07, 6.45) is 1.47. The zero-order valence-electron chi connectivity index (χ0n) is 34.6. The molecule has 1 aliphatic rings. The highest BCUT2D eigenvalue weighted by Crippen LogP contribution is 2.50. The van der Waals surface area contributed by atoms with Crippen LogP contribution in [0.1, 0.15) is 6.29 Å². The van der Waals surface area contributed by atoms with Gasteiger partial charge in [-0.2, -0.15) is 0 Å². The maximum atomic E-state index is 5.27. The Morgan fingerprint density at radius 3 is 1.46 bits per heavy atom. The Hall–Kier alpha value is -8.36. The summed E-state index contributed by atoms with van der Waals surface area (Å²) in [4.78, 5) is 15.1. The van der Waals surface area contributed by atoms with Crippen LogP contribution in [0, 0.1) is 0 Å². The molecular weight excluding hydrogens is 773 g/mol. The predicted octanol–water partition coefficient (Wildman–Crippen LogP) is 12.9. The molecule has 0 N–H and O–H groups in total.